The largest absolute Gasteiger partial charge is 0.451 e. The van der Waals surface area contributed by atoms with Crippen LogP contribution in [0.4, 0.5) is 0 Å². The van der Waals surface area contributed by atoms with Crippen LogP contribution in [0.15, 0.2) is 42.5 Å². The topological polar surface area (TPSA) is 43.4 Å². The minimum Gasteiger partial charge on any atom is -0.451 e. The number of rotatable bonds is 5. The molecule has 2 aromatic rings. The summed E-state index contributed by atoms with van der Waals surface area (Å²) < 4.78 is 5.28. The number of aldehydes is 1. The van der Waals surface area contributed by atoms with Crippen molar-refractivity contribution in [2.45, 2.75) is 32.3 Å². The lowest BCUT2D eigenvalue weighted by Gasteiger charge is -2.26. The van der Waals surface area contributed by atoms with Crippen molar-refractivity contribution >= 4 is 23.0 Å². The van der Waals surface area contributed by atoms with Gasteiger partial charge in [-0.2, -0.15) is 0 Å². The number of hydrogen-bond donors (Lipinski definition) is 0. The lowest BCUT2D eigenvalue weighted by atomic mass is 9.90. The van der Waals surface area contributed by atoms with E-state index in [0.29, 0.717) is 12.8 Å². The maximum absolute atomic E-state index is 11.5. The van der Waals surface area contributed by atoms with Crippen LogP contribution in [0.5, 0.6) is 0 Å². The third-order valence-corrected chi connectivity index (χ3v) is 3.53. The van der Waals surface area contributed by atoms with Crippen molar-refractivity contribution in [2.75, 3.05) is 0 Å². The van der Waals surface area contributed by atoms with Crippen molar-refractivity contribution in [2.24, 2.45) is 0 Å². The monoisotopic (exact) mass is 270 g/mol. The standard InChI is InChI=1S/C17H18O3/c1-3-17(12-18,20-13(2)19)11-15-9-6-8-14-7-4-5-10-16(14)15/h4-10,12H,3,11H2,1-2H3. The van der Waals surface area contributed by atoms with Crippen molar-refractivity contribution in [3.05, 3.63) is 48.0 Å². The van der Waals surface area contributed by atoms with Gasteiger partial charge in [-0.1, -0.05) is 49.4 Å². The highest BCUT2D eigenvalue weighted by atomic mass is 16.6. The lowest BCUT2D eigenvalue weighted by molar-refractivity contribution is -0.160. The summed E-state index contributed by atoms with van der Waals surface area (Å²) in [5.41, 5.74) is -0.0611. The van der Waals surface area contributed by atoms with Gasteiger partial charge in [0.05, 0.1) is 0 Å². The van der Waals surface area contributed by atoms with Gasteiger partial charge >= 0.3 is 5.97 Å². The molecule has 0 heterocycles. The molecule has 1 atom stereocenters. The zero-order valence-electron chi connectivity index (χ0n) is 11.8. The highest BCUT2D eigenvalue weighted by Gasteiger charge is 2.32. The third kappa shape index (κ3) is 2.87. The van der Waals surface area contributed by atoms with E-state index in [1.165, 1.54) is 6.92 Å². The minimum absolute atomic E-state index is 0.397. The third-order valence-electron chi connectivity index (χ3n) is 3.53. The van der Waals surface area contributed by atoms with Crippen molar-refractivity contribution in [1.82, 2.24) is 0 Å². The van der Waals surface area contributed by atoms with E-state index in [2.05, 4.69) is 0 Å². The predicted molar refractivity (Wildman–Crippen MR) is 78.5 cm³/mol. The smallest absolute Gasteiger partial charge is 0.303 e. The molecule has 0 radical (unpaired) electrons. The van der Waals surface area contributed by atoms with E-state index in [1.807, 2.05) is 49.4 Å². The molecule has 0 bridgehead atoms. The van der Waals surface area contributed by atoms with E-state index in [-0.39, 0.29) is 0 Å². The molecule has 0 aromatic heterocycles. The van der Waals surface area contributed by atoms with Gasteiger partial charge in [0.1, 0.15) is 0 Å². The number of carbonyl (C=O) groups is 2. The molecule has 2 aromatic carbocycles. The first-order valence-electron chi connectivity index (χ1n) is 6.73. The van der Waals surface area contributed by atoms with Crippen LogP contribution in [0.1, 0.15) is 25.8 Å². The number of esters is 1. The summed E-state index contributed by atoms with van der Waals surface area (Å²) in [5, 5.41) is 2.20. The Kier molecular flexibility index (Phi) is 4.18. The molecule has 0 amide bonds. The molecule has 104 valence electrons. The normalized spacial score (nSPS) is 13.7. The van der Waals surface area contributed by atoms with Gasteiger partial charge in [-0.05, 0) is 22.8 Å². The number of carbonyl (C=O) groups excluding carboxylic acids is 2. The Morgan fingerprint density at radius 2 is 1.90 bits per heavy atom. The zero-order valence-corrected chi connectivity index (χ0v) is 11.8. The maximum Gasteiger partial charge on any atom is 0.303 e. The van der Waals surface area contributed by atoms with Crippen LogP contribution in [-0.2, 0) is 20.7 Å². The Bertz CT molecular complexity index is 628. The Morgan fingerprint density at radius 1 is 1.20 bits per heavy atom. The van der Waals surface area contributed by atoms with Gasteiger partial charge in [0.2, 0.25) is 0 Å². The van der Waals surface area contributed by atoms with Crippen LogP contribution in [0, 0.1) is 0 Å². The molecule has 0 N–H and O–H groups in total. The Morgan fingerprint density at radius 3 is 2.55 bits per heavy atom. The Balaban J connectivity index is 2.43. The van der Waals surface area contributed by atoms with E-state index in [4.69, 9.17) is 4.74 Å². The fourth-order valence-electron chi connectivity index (χ4n) is 2.44. The molecule has 0 aliphatic heterocycles. The van der Waals surface area contributed by atoms with E-state index in [9.17, 15) is 9.59 Å². The maximum atomic E-state index is 11.5. The van der Waals surface area contributed by atoms with Crippen molar-refractivity contribution in [3.8, 4) is 0 Å². The van der Waals surface area contributed by atoms with E-state index >= 15 is 0 Å². The summed E-state index contributed by atoms with van der Waals surface area (Å²) in [7, 11) is 0. The quantitative estimate of drug-likeness (QED) is 0.618. The van der Waals surface area contributed by atoms with Gasteiger partial charge in [-0.15, -0.1) is 0 Å². The van der Waals surface area contributed by atoms with Crippen LogP contribution in [0.2, 0.25) is 0 Å². The van der Waals surface area contributed by atoms with Crippen molar-refractivity contribution in [1.29, 1.82) is 0 Å². The van der Waals surface area contributed by atoms with Crippen LogP contribution < -0.4 is 0 Å². The molecule has 0 saturated heterocycles. The average molecular weight is 270 g/mol. The van der Waals surface area contributed by atoms with Gasteiger partial charge < -0.3 is 4.74 Å². The fourth-order valence-corrected chi connectivity index (χ4v) is 2.44. The first-order valence-corrected chi connectivity index (χ1v) is 6.73. The first-order chi connectivity index (χ1) is 9.60. The van der Waals surface area contributed by atoms with Crippen LogP contribution in [0.3, 0.4) is 0 Å². The lowest BCUT2D eigenvalue weighted by Crippen LogP contribution is -2.38. The molecule has 0 aliphatic rings. The molecule has 0 spiro atoms. The van der Waals surface area contributed by atoms with Crippen LogP contribution in [-0.4, -0.2) is 17.9 Å². The van der Waals surface area contributed by atoms with Gasteiger partial charge in [0.15, 0.2) is 11.9 Å². The number of benzene rings is 2. The minimum atomic E-state index is -1.07. The molecular formula is C17H18O3. The summed E-state index contributed by atoms with van der Waals surface area (Å²) >= 11 is 0. The highest BCUT2D eigenvalue weighted by molar-refractivity contribution is 5.86. The second-order valence-electron chi connectivity index (χ2n) is 4.94. The Hall–Kier alpha value is -2.16. The van der Waals surface area contributed by atoms with Gasteiger partial charge in [0, 0.05) is 13.3 Å². The van der Waals surface area contributed by atoms with E-state index in [1.54, 1.807) is 0 Å². The van der Waals surface area contributed by atoms with Gasteiger partial charge in [-0.25, -0.2) is 0 Å². The molecule has 0 aliphatic carbocycles. The van der Waals surface area contributed by atoms with Crippen LogP contribution in [0.25, 0.3) is 10.8 Å². The summed E-state index contributed by atoms with van der Waals surface area (Å²) in [4.78, 5) is 22.7. The average Bonchev–Trinajstić information content (AvgIpc) is 2.46. The molecule has 2 rings (SSSR count). The molecule has 3 nitrogen and oxygen atoms in total. The SMILES string of the molecule is CCC(C=O)(Cc1cccc2ccccc12)OC(C)=O. The molecule has 0 fully saturated rings. The molecule has 0 saturated carbocycles. The number of fused-ring (bicyclic) bond motifs is 1. The number of hydrogen-bond acceptors (Lipinski definition) is 3. The first kappa shape index (κ1) is 14.3. The summed E-state index contributed by atoms with van der Waals surface area (Å²) in [6.45, 7) is 3.18. The predicted octanol–water partition coefficient (Wildman–Crippen LogP) is 3.29. The van der Waals surface area contributed by atoms with E-state index in [0.717, 1.165) is 22.6 Å². The molecule has 1 unspecified atom stereocenters. The summed E-state index contributed by atoms with van der Waals surface area (Å²) in [6, 6.07) is 13.9. The highest BCUT2D eigenvalue weighted by Crippen LogP contribution is 2.26. The summed E-state index contributed by atoms with van der Waals surface area (Å²) in [5.74, 6) is -0.431. The van der Waals surface area contributed by atoms with Gasteiger partial charge in [0.25, 0.3) is 0 Å². The van der Waals surface area contributed by atoms with E-state index < -0.39 is 11.6 Å². The van der Waals surface area contributed by atoms with Crippen LogP contribution >= 0.6 is 0 Å². The molecule has 3 heteroatoms. The van der Waals surface area contributed by atoms with Crippen molar-refractivity contribution in [3.63, 3.8) is 0 Å². The second-order valence-corrected chi connectivity index (χ2v) is 4.94. The number of ether oxygens (including phenoxy) is 1. The Labute approximate surface area is 118 Å². The fraction of sp³-hybridized carbons (Fsp3) is 0.294. The van der Waals surface area contributed by atoms with Gasteiger partial charge in [-0.3, -0.25) is 9.59 Å². The summed E-state index contributed by atoms with van der Waals surface area (Å²) in [6.07, 6.45) is 1.60. The van der Waals surface area contributed by atoms with Crippen molar-refractivity contribution < 1.29 is 14.3 Å². The second kappa shape index (κ2) is 5.87. The zero-order chi connectivity index (χ0) is 14.6. The molecule has 20 heavy (non-hydrogen) atoms. The molecular weight excluding hydrogens is 252 g/mol.